The fourth-order valence-electron chi connectivity index (χ4n) is 2.33. The normalized spacial score (nSPS) is 10.3. The van der Waals surface area contributed by atoms with Crippen molar-refractivity contribution in [3.63, 3.8) is 0 Å². The van der Waals surface area contributed by atoms with E-state index >= 15 is 0 Å². The van der Waals surface area contributed by atoms with Crippen LogP contribution in [0.15, 0.2) is 48.8 Å². The number of aryl methyl sites for hydroxylation is 1. The maximum Gasteiger partial charge on any atom is 0.252 e. The van der Waals surface area contributed by atoms with E-state index in [1.807, 2.05) is 41.9 Å². The SMILES string of the molecule is Cc1ccc2nc(COc3cccc(C(=O)NCC#N)c3)cn2c1. The third-order valence-corrected chi connectivity index (χ3v) is 3.46. The highest BCUT2D eigenvalue weighted by Gasteiger charge is 2.07. The van der Waals surface area contributed by atoms with Crippen LogP contribution < -0.4 is 10.1 Å². The number of nitriles is 1. The predicted molar refractivity (Wildman–Crippen MR) is 88.6 cm³/mol. The number of hydrogen-bond donors (Lipinski definition) is 1. The molecule has 1 N–H and O–H groups in total. The van der Waals surface area contributed by atoms with Crippen LogP contribution in [-0.2, 0) is 6.61 Å². The molecular formula is C18H16N4O2. The molecule has 1 aromatic carbocycles. The van der Waals surface area contributed by atoms with Gasteiger partial charge in [-0.3, -0.25) is 4.79 Å². The van der Waals surface area contributed by atoms with E-state index in [0.717, 1.165) is 16.9 Å². The topological polar surface area (TPSA) is 79.4 Å². The molecule has 0 aliphatic heterocycles. The van der Waals surface area contributed by atoms with Gasteiger partial charge in [-0.25, -0.2) is 4.98 Å². The molecule has 0 saturated heterocycles. The number of aromatic nitrogens is 2. The molecule has 0 atom stereocenters. The molecule has 0 aliphatic carbocycles. The Hall–Kier alpha value is -3.33. The number of nitrogens with one attached hydrogen (secondary N) is 1. The summed E-state index contributed by atoms with van der Waals surface area (Å²) in [5.41, 5.74) is 3.28. The van der Waals surface area contributed by atoms with Crippen molar-refractivity contribution in [1.82, 2.24) is 14.7 Å². The van der Waals surface area contributed by atoms with Crippen molar-refractivity contribution in [2.24, 2.45) is 0 Å². The van der Waals surface area contributed by atoms with Gasteiger partial charge >= 0.3 is 0 Å². The Morgan fingerprint density at radius 1 is 1.33 bits per heavy atom. The second-order valence-corrected chi connectivity index (χ2v) is 5.36. The van der Waals surface area contributed by atoms with Gasteiger partial charge in [-0.15, -0.1) is 0 Å². The van der Waals surface area contributed by atoms with E-state index in [0.29, 0.717) is 17.9 Å². The summed E-state index contributed by atoms with van der Waals surface area (Å²) in [7, 11) is 0. The molecule has 2 aromatic heterocycles. The smallest absolute Gasteiger partial charge is 0.252 e. The molecule has 6 heteroatoms. The molecule has 2 heterocycles. The van der Waals surface area contributed by atoms with Crippen LogP contribution in [0.5, 0.6) is 5.75 Å². The van der Waals surface area contributed by atoms with E-state index in [1.165, 1.54) is 0 Å². The third kappa shape index (κ3) is 3.52. The molecule has 0 fully saturated rings. The van der Waals surface area contributed by atoms with E-state index in [2.05, 4.69) is 10.3 Å². The van der Waals surface area contributed by atoms with Gasteiger partial charge in [0.15, 0.2) is 0 Å². The van der Waals surface area contributed by atoms with Crippen LogP contribution in [0.3, 0.4) is 0 Å². The maximum absolute atomic E-state index is 11.8. The molecule has 0 aliphatic rings. The third-order valence-electron chi connectivity index (χ3n) is 3.46. The number of pyridine rings is 1. The Balaban J connectivity index is 1.69. The van der Waals surface area contributed by atoms with Gasteiger partial charge in [-0.2, -0.15) is 5.26 Å². The number of benzene rings is 1. The van der Waals surface area contributed by atoms with Crippen LogP contribution in [0, 0.1) is 18.3 Å². The van der Waals surface area contributed by atoms with Crippen LogP contribution >= 0.6 is 0 Å². The summed E-state index contributed by atoms with van der Waals surface area (Å²) < 4.78 is 7.68. The molecule has 6 nitrogen and oxygen atoms in total. The van der Waals surface area contributed by atoms with Crippen molar-refractivity contribution in [1.29, 1.82) is 5.26 Å². The van der Waals surface area contributed by atoms with Crippen LogP contribution in [-0.4, -0.2) is 21.8 Å². The number of ether oxygens (including phenoxy) is 1. The van der Waals surface area contributed by atoms with Crippen molar-refractivity contribution in [3.05, 3.63) is 65.6 Å². The Kier molecular flexibility index (Phi) is 4.43. The van der Waals surface area contributed by atoms with Gasteiger partial charge in [-0.1, -0.05) is 12.1 Å². The lowest BCUT2D eigenvalue weighted by Crippen LogP contribution is -2.23. The molecule has 120 valence electrons. The second kappa shape index (κ2) is 6.84. The number of carbonyl (C=O) groups is 1. The molecule has 0 spiro atoms. The number of carbonyl (C=O) groups excluding carboxylic acids is 1. The lowest BCUT2D eigenvalue weighted by atomic mass is 10.2. The monoisotopic (exact) mass is 320 g/mol. The highest BCUT2D eigenvalue weighted by atomic mass is 16.5. The fraction of sp³-hybridized carbons (Fsp3) is 0.167. The summed E-state index contributed by atoms with van der Waals surface area (Å²) in [6, 6.07) is 12.7. The van der Waals surface area contributed by atoms with E-state index in [9.17, 15) is 4.79 Å². The molecule has 3 rings (SSSR count). The first-order chi connectivity index (χ1) is 11.7. The quantitative estimate of drug-likeness (QED) is 0.732. The summed E-state index contributed by atoms with van der Waals surface area (Å²) >= 11 is 0. The van der Waals surface area contributed by atoms with Crippen LogP contribution in [0.1, 0.15) is 21.6 Å². The van der Waals surface area contributed by atoms with Crippen LogP contribution in [0.2, 0.25) is 0 Å². The number of rotatable bonds is 5. The molecular weight excluding hydrogens is 304 g/mol. The number of nitrogens with zero attached hydrogens (tertiary/aromatic N) is 3. The summed E-state index contributed by atoms with van der Waals surface area (Å²) in [6.07, 6.45) is 3.93. The minimum atomic E-state index is -0.301. The molecule has 24 heavy (non-hydrogen) atoms. The largest absolute Gasteiger partial charge is 0.487 e. The Morgan fingerprint density at radius 2 is 2.21 bits per heavy atom. The fourth-order valence-corrected chi connectivity index (χ4v) is 2.33. The van der Waals surface area contributed by atoms with Crippen LogP contribution in [0.4, 0.5) is 0 Å². The standard InChI is InChI=1S/C18H16N4O2/c1-13-5-6-17-21-15(11-22(17)10-13)12-24-16-4-2-3-14(9-16)18(23)20-8-7-19/h2-6,9-11H,8,12H2,1H3,(H,20,23). The van der Waals surface area contributed by atoms with E-state index in [1.54, 1.807) is 24.3 Å². The summed E-state index contributed by atoms with van der Waals surface area (Å²) in [5.74, 6) is 0.276. The minimum absolute atomic E-state index is 0.0232. The highest BCUT2D eigenvalue weighted by Crippen LogP contribution is 2.16. The Labute approximate surface area is 139 Å². The van der Waals surface area contributed by atoms with E-state index in [-0.39, 0.29) is 12.5 Å². The minimum Gasteiger partial charge on any atom is -0.487 e. The van der Waals surface area contributed by atoms with Gasteiger partial charge in [0, 0.05) is 18.0 Å². The number of amides is 1. The summed E-state index contributed by atoms with van der Waals surface area (Å²) in [4.78, 5) is 16.3. The summed E-state index contributed by atoms with van der Waals surface area (Å²) in [5, 5.41) is 11.0. The highest BCUT2D eigenvalue weighted by molar-refractivity contribution is 5.94. The molecule has 0 unspecified atom stereocenters. The zero-order valence-electron chi connectivity index (χ0n) is 13.2. The maximum atomic E-state index is 11.8. The molecule has 1 amide bonds. The first kappa shape index (κ1) is 15.6. The van der Waals surface area contributed by atoms with Gasteiger partial charge in [0.25, 0.3) is 5.91 Å². The Morgan fingerprint density at radius 3 is 3.04 bits per heavy atom. The van der Waals surface area contributed by atoms with E-state index < -0.39 is 0 Å². The average molecular weight is 320 g/mol. The summed E-state index contributed by atoms with van der Waals surface area (Å²) in [6.45, 7) is 2.31. The Bertz CT molecular complexity index is 924. The zero-order valence-corrected chi connectivity index (χ0v) is 13.2. The van der Waals surface area contributed by atoms with Crippen molar-refractivity contribution < 1.29 is 9.53 Å². The lowest BCUT2D eigenvalue weighted by molar-refractivity contribution is 0.0958. The van der Waals surface area contributed by atoms with Crippen molar-refractivity contribution in [3.8, 4) is 11.8 Å². The van der Waals surface area contributed by atoms with Gasteiger partial charge in [0.1, 0.15) is 24.5 Å². The van der Waals surface area contributed by atoms with Gasteiger partial charge < -0.3 is 14.5 Å². The van der Waals surface area contributed by atoms with Crippen LogP contribution in [0.25, 0.3) is 5.65 Å². The average Bonchev–Trinajstić information content (AvgIpc) is 3.00. The van der Waals surface area contributed by atoms with Gasteiger partial charge in [0.2, 0.25) is 0 Å². The van der Waals surface area contributed by atoms with E-state index in [4.69, 9.17) is 10.00 Å². The molecule has 0 radical (unpaired) electrons. The second-order valence-electron chi connectivity index (χ2n) is 5.36. The van der Waals surface area contributed by atoms with Crippen molar-refractivity contribution >= 4 is 11.6 Å². The molecule has 3 aromatic rings. The first-order valence-electron chi connectivity index (χ1n) is 7.48. The van der Waals surface area contributed by atoms with Gasteiger partial charge in [0.05, 0.1) is 11.8 Å². The number of imidazole rings is 1. The van der Waals surface area contributed by atoms with Gasteiger partial charge in [-0.05, 0) is 36.8 Å². The van der Waals surface area contributed by atoms with Crippen molar-refractivity contribution in [2.75, 3.05) is 6.54 Å². The van der Waals surface area contributed by atoms with Crippen molar-refractivity contribution in [2.45, 2.75) is 13.5 Å². The zero-order chi connectivity index (χ0) is 16.9. The first-order valence-corrected chi connectivity index (χ1v) is 7.48. The molecule has 0 bridgehead atoms. The number of hydrogen-bond acceptors (Lipinski definition) is 4. The predicted octanol–water partition coefficient (Wildman–Crippen LogP) is 2.48. The lowest BCUT2D eigenvalue weighted by Gasteiger charge is -2.06. The molecule has 0 saturated carbocycles. The number of fused-ring (bicyclic) bond motifs is 1.